The van der Waals surface area contributed by atoms with Crippen molar-refractivity contribution in [2.75, 3.05) is 47.0 Å². The number of rotatable bonds is 11. The number of nitrogens with zero attached hydrogens (tertiary/aromatic N) is 3. The second-order valence-corrected chi connectivity index (χ2v) is 16.2. The van der Waals surface area contributed by atoms with Crippen LogP contribution in [0.2, 0.25) is 0 Å². The number of unbranched alkanes of at least 4 members (excludes halogenated alkanes) is 1. The van der Waals surface area contributed by atoms with Crippen LogP contribution in [0.1, 0.15) is 62.6 Å². The third-order valence-electron chi connectivity index (χ3n) is 7.73. The smallest absolute Gasteiger partial charge is 0.369 e. The maximum absolute atomic E-state index is 13.5. The van der Waals surface area contributed by atoms with Crippen LogP contribution in [-0.2, 0) is 27.4 Å². The SMILES string of the molecule is Cc1cc(N2CCN(S(=O)(=O)c3ccc4c(c3)CCN4C(=O)CCC=ICCCCC(C)C)CC2)cc(C(F)(F)F)c1. The Kier molecular flexibility index (Phi) is 11.1. The molecule has 6 nitrogen and oxygen atoms in total. The zero-order chi connectivity index (χ0) is 30.5. The second kappa shape index (κ2) is 14.2. The van der Waals surface area contributed by atoms with Gasteiger partial charge < -0.3 is 9.80 Å². The molecular formula is C31H41F3IN3O3S. The Morgan fingerprint density at radius 1 is 1.02 bits per heavy atom. The van der Waals surface area contributed by atoms with Gasteiger partial charge in [-0.05, 0) is 84.1 Å². The molecule has 0 aliphatic carbocycles. The van der Waals surface area contributed by atoms with E-state index in [9.17, 15) is 26.4 Å². The van der Waals surface area contributed by atoms with Gasteiger partial charge in [-0.15, -0.1) is 20.7 Å². The lowest BCUT2D eigenvalue weighted by atomic mass is 10.1. The number of carbonyl (C=O) groups is 1. The number of carbonyl (C=O) groups excluding carboxylic acids is 1. The molecule has 4 rings (SSSR count). The summed E-state index contributed by atoms with van der Waals surface area (Å²) in [6, 6.07) is 8.91. The highest BCUT2D eigenvalue weighted by molar-refractivity contribution is 14.2. The van der Waals surface area contributed by atoms with Gasteiger partial charge in [-0.2, -0.15) is 17.5 Å². The number of hydrogen-bond donors (Lipinski definition) is 0. The van der Waals surface area contributed by atoms with Crippen molar-refractivity contribution < 1.29 is 26.4 Å². The Balaban J connectivity index is 1.32. The van der Waals surface area contributed by atoms with Crippen LogP contribution in [-0.4, -0.2) is 59.8 Å². The number of alkyl halides is 4. The van der Waals surface area contributed by atoms with Crippen molar-refractivity contribution >= 4 is 52.0 Å². The highest BCUT2D eigenvalue weighted by Gasteiger charge is 2.34. The van der Waals surface area contributed by atoms with Gasteiger partial charge in [-0.1, -0.05) is 30.7 Å². The third-order valence-corrected chi connectivity index (χ3v) is 12.3. The topological polar surface area (TPSA) is 60.9 Å². The van der Waals surface area contributed by atoms with Crippen molar-refractivity contribution in [1.29, 1.82) is 0 Å². The molecule has 0 atom stereocenters. The molecule has 1 amide bonds. The molecule has 2 heterocycles. The summed E-state index contributed by atoms with van der Waals surface area (Å²) >= 11 is 0.0295. The number of piperazine rings is 1. The quantitative estimate of drug-likeness (QED) is 0.146. The summed E-state index contributed by atoms with van der Waals surface area (Å²) in [7, 11) is -3.78. The fourth-order valence-electron chi connectivity index (χ4n) is 5.43. The highest BCUT2D eigenvalue weighted by atomic mass is 127. The number of aryl methyl sites for hydroxylation is 1. The summed E-state index contributed by atoms with van der Waals surface area (Å²) in [4.78, 5) is 16.7. The molecule has 2 aromatic rings. The minimum Gasteiger partial charge on any atom is -0.369 e. The molecule has 1 saturated heterocycles. The molecule has 11 heteroatoms. The van der Waals surface area contributed by atoms with Crippen molar-refractivity contribution in [1.82, 2.24) is 4.31 Å². The zero-order valence-corrected chi connectivity index (χ0v) is 27.6. The normalized spacial score (nSPS) is 16.7. The largest absolute Gasteiger partial charge is 0.416 e. The van der Waals surface area contributed by atoms with E-state index in [1.165, 1.54) is 28.0 Å². The predicted molar refractivity (Wildman–Crippen MR) is 173 cm³/mol. The summed E-state index contributed by atoms with van der Waals surface area (Å²) in [5, 5.41) is 0. The van der Waals surface area contributed by atoms with Gasteiger partial charge in [0.2, 0.25) is 15.9 Å². The van der Waals surface area contributed by atoms with E-state index in [1.807, 2.05) is 0 Å². The van der Waals surface area contributed by atoms with E-state index >= 15 is 0 Å². The van der Waals surface area contributed by atoms with Gasteiger partial charge in [-0.3, -0.25) is 4.79 Å². The summed E-state index contributed by atoms with van der Waals surface area (Å²) in [5.74, 6) is 0.830. The van der Waals surface area contributed by atoms with Crippen LogP contribution in [0.4, 0.5) is 24.5 Å². The first-order valence-corrected chi connectivity index (χ1v) is 18.8. The van der Waals surface area contributed by atoms with E-state index in [0.29, 0.717) is 43.7 Å². The Hall–Kier alpha value is -1.99. The number of amides is 1. The first-order valence-electron chi connectivity index (χ1n) is 14.6. The number of benzene rings is 2. The second-order valence-electron chi connectivity index (χ2n) is 11.5. The lowest BCUT2D eigenvalue weighted by Crippen LogP contribution is -2.48. The molecule has 2 aromatic carbocycles. The minimum atomic E-state index is -4.44. The monoisotopic (exact) mass is 719 g/mol. The van der Waals surface area contributed by atoms with E-state index in [4.69, 9.17) is 0 Å². The summed E-state index contributed by atoms with van der Waals surface area (Å²) in [6.07, 6.45) is 1.26. The predicted octanol–water partition coefficient (Wildman–Crippen LogP) is 6.79. The van der Waals surface area contributed by atoms with Crippen LogP contribution >= 0.6 is 20.7 Å². The Bertz CT molecular complexity index is 1390. The Morgan fingerprint density at radius 3 is 2.45 bits per heavy atom. The maximum atomic E-state index is 13.5. The molecule has 0 spiro atoms. The molecule has 1 fully saturated rings. The van der Waals surface area contributed by atoms with Crippen LogP contribution < -0.4 is 9.80 Å². The van der Waals surface area contributed by atoms with Crippen LogP contribution in [0.25, 0.3) is 0 Å². The van der Waals surface area contributed by atoms with E-state index in [1.54, 1.807) is 41.0 Å². The molecule has 0 aromatic heterocycles. The zero-order valence-electron chi connectivity index (χ0n) is 24.6. The molecule has 2 aliphatic heterocycles. The van der Waals surface area contributed by atoms with Crippen molar-refractivity contribution in [3.63, 3.8) is 0 Å². The van der Waals surface area contributed by atoms with Crippen molar-refractivity contribution in [2.45, 2.75) is 70.4 Å². The third kappa shape index (κ3) is 8.34. The number of anilines is 2. The minimum absolute atomic E-state index is 0.0295. The molecule has 0 N–H and O–H groups in total. The Labute approximate surface area is 258 Å². The van der Waals surface area contributed by atoms with E-state index in [0.717, 1.165) is 35.7 Å². The van der Waals surface area contributed by atoms with Crippen LogP contribution in [0.5, 0.6) is 0 Å². The summed E-state index contributed by atoms with van der Waals surface area (Å²) in [5.41, 5.74) is 1.89. The van der Waals surface area contributed by atoms with Crippen molar-refractivity contribution in [2.24, 2.45) is 5.92 Å². The van der Waals surface area contributed by atoms with Crippen LogP contribution in [0.3, 0.4) is 0 Å². The van der Waals surface area contributed by atoms with Crippen molar-refractivity contribution in [3.05, 3.63) is 53.1 Å². The molecule has 0 saturated carbocycles. The molecular weight excluding hydrogens is 678 g/mol. The van der Waals surface area contributed by atoms with Gasteiger partial charge in [0.1, 0.15) is 0 Å². The number of sulfonamides is 1. The molecule has 42 heavy (non-hydrogen) atoms. The maximum Gasteiger partial charge on any atom is 0.416 e. The van der Waals surface area contributed by atoms with Crippen LogP contribution in [0, 0.1) is 12.8 Å². The fraction of sp³-hybridized carbons (Fsp3) is 0.548. The van der Waals surface area contributed by atoms with Gasteiger partial charge in [-0.25, -0.2) is 8.42 Å². The number of halogens is 4. The highest BCUT2D eigenvalue weighted by Crippen LogP contribution is 2.34. The molecule has 0 radical (unpaired) electrons. The molecule has 0 bridgehead atoms. The van der Waals surface area contributed by atoms with Gasteiger partial charge >= 0.3 is 6.18 Å². The first kappa shape index (κ1) is 32.9. The lowest BCUT2D eigenvalue weighted by Gasteiger charge is -2.35. The van der Waals surface area contributed by atoms with E-state index in [2.05, 4.69) is 17.9 Å². The van der Waals surface area contributed by atoms with E-state index < -0.39 is 21.8 Å². The summed E-state index contributed by atoms with van der Waals surface area (Å²) in [6.45, 7) is 7.62. The lowest BCUT2D eigenvalue weighted by molar-refractivity contribution is -0.137. The summed E-state index contributed by atoms with van der Waals surface area (Å²) < 4.78 is 71.8. The number of fused-ring (bicyclic) bond motifs is 1. The molecule has 232 valence electrons. The fourth-order valence-corrected chi connectivity index (χ4v) is 9.08. The first-order chi connectivity index (χ1) is 19.9. The van der Waals surface area contributed by atoms with Gasteiger partial charge in [0.05, 0.1) is 10.5 Å². The van der Waals surface area contributed by atoms with E-state index in [-0.39, 0.29) is 44.6 Å². The van der Waals surface area contributed by atoms with Crippen molar-refractivity contribution in [3.8, 4) is 0 Å². The average molecular weight is 720 g/mol. The molecule has 2 aliphatic rings. The van der Waals surface area contributed by atoms with Crippen LogP contribution in [0.15, 0.2) is 41.3 Å². The van der Waals surface area contributed by atoms with Gasteiger partial charge in [0, 0.05) is 50.5 Å². The standard InChI is InChI=1S/C31H41F3IN3O3S/c1-23(2)7-4-5-12-35-13-6-8-30(39)38-14-11-25-21-28(9-10-29(25)38)42(40,41)37-17-15-36(16-18-37)27-20-24(3)19-26(22-27)31(32,33)34/h9-10,13,19-23H,4-8,11-12,14-18H2,1-3H3. The Morgan fingerprint density at radius 2 is 1.76 bits per heavy atom. The average Bonchev–Trinajstić information content (AvgIpc) is 3.37. The van der Waals surface area contributed by atoms with Gasteiger partial charge in [0.25, 0.3) is 0 Å². The molecule has 0 unspecified atom stereocenters. The number of hydrogen-bond acceptors (Lipinski definition) is 4. The van der Waals surface area contributed by atoms with Gasteiger partial charge in [0.15, 0.2) is 0 Å².